The third kappa shape index (κ3) is 3.04. The highest BCUT2D eigenvalue weighted by atomic mass is 16.3. The van der Waals surface area contributed by atoms with Gasteiger partial charge in [-0.2, -0.15) is 0 Å². The third-order valence-corrected chi connectivity index (χ3v) is 3.99. The topological polar surface area (TPSA) is 103 Å². The molecule has 0 aliphatic carbocycles. The Morgan fingerprint density at radius 3 is 2.44 bits per heavy atom. The lowest BCUT2D eigenvalue weighted by Crippen LogP contribution is -2.39. The fraction of sp³-hybridized carbons (Fsp3) is 0.235. The molecular weight excluding hydrogens is 326 g/mol. The number of hydrogen-bond donors (Lipinski definition) is 2. The van der Waals surface area contributed by atoms with Crippen LogP contribution in [0.1, 0.15) is 6.42 Å². The summed E-state index contributed by atoms with van der Waals surface area (Å²) in [5.41, 5.74) is 1.23. The van der Waals surface area contributed by atoms with Crippen LogP contribution in [0.3, 0.4) is 0 Å². The minimum absolute atomic E-state index is 0.0410. The van der Waals surface area contributed by atoms with Crippen molar-refractivity contribution < 1.29 is 19.8 Å². The first kappa shape index (κ1) is 16.9. The van der Waals surface area contributed by atoms with Gasteiger partial charge in [-0.05, 0) is 24.3 Å². The molecule has 3 rings (SSSR count). The van der Waals surface area contributed by atoms with Gasteiger partial charge in [0.15, 0.2) is 0 Å². The molecule has 0 bridgehead atoms. The van der Waals surface area contributed by atoms with E-state index in [1.165, 1.54) is 20.4 Å². The van der Waals surface area contributed by atoms with Gasteiger partial charge >= 0.3 is 0 Å². The Labute approximate surface area is 143 Å². The summed E-state index contributed by atoms with van der Waals surface area (Å²) in [6, 6.07) is 9.69. The molecule has 2 heterocycles. The molecule has 0 saturated heterocycles. The predicted molar refractivity (Wildman–Crippen MR) is 90.7 cm³/mol. The predicted octanol–water partition coefficient (Wildman–Crippen LogP) is -0.151. The van der Waals surface area contributed by atoms with Gasteiger partial charge < -0.3 is 10.2 Å². The number of hydrogen-bond acceptors (Lipinski definition) is 5. The molecule has 130 valence electrons. The first-order valence-electron chi connectivity index (χ1n) is 7.71. The average molecular weight is 343 g/mol. The lowest BCUT2D eigenvalue weighted by molar-refractivity contribution is -0.121. The summed E-state index contributed by atoms with van der Waals surface area (Å²) in [6.45, 7) is -1.03. The zero-order valence-corrected chi connectivity index (χ0v) is 13.3. The molecule has 0 saturated carbocycles. The quantitative estimate of drug-likeness (QED) is 0.804. The largest absolute Gasteiger partial charge is 0.396 e. The molecule has 0 unspecified atom stereocenters. The number of nitrogens with zero attached hydrogens (tertiary/aromatic N) is 3. The first-order valence-corrected chi connectivity index (χ1v) is 7.71. The van der Waals surface area contributed by atoms with Crippen molar-refractivity contribution in [1.29, 1.82) is 0 Å². The van der Waals surface area contributed by atoms with Crippen molar-refractivity contribution in [3.63, 3.8) is 0 Å². The van der Waals surface area contributed by atoms with Crippen LogP contribution in [0.25, 0.3) is 5.69 Å². The van der Waals surface area contributed by atoms with Gasteiger partial charge in [0, 0.05) is 12.3 Å². The van der Waals surface area contributed by atoms with Crippen molar-refractivity contribution in [2.75, 3.05) is 29.7 Å². The van der Waals surface area contributed by atoms with Crippen LogP contribution in [0.5, 0.6) is 0 Å². The number of aliphatic hydroxyl groups excluding tert-OH is 2. The van der Waals surface area contributed by atoms with E-state index in [0.717, 1.165) is 0 Å². The maximum Gasteiger partial charge on any atom is 0.255 e. The number of aliphatic hydroxyl groups is 2. The number of carbonyl (C=O) groups is 2. The Morgan fingerprint density at radius 2 is 1.76 bits per heavy atom. The standard InChI is InChI=1S/C17H17N3O5/c21-8-6-16(24)19-11-20(17(25)10-22)14-9-12(4-5-13(14)19)18-7-2-1-3-15(18)23/h1-5,7,9,21-22H,6,8,10-11H2. The lowest BCUT2D eigenvalue weighted by atomic mass is 10.2. The molecule has 8 nitrogen and oxygen atoms in total. The fourth-order valence-electron chi connectivity index (χ4n) is 2.78. The highest BCUT2D eigenvalue weighted by Crippen LogP contribution is 2.37. The number of pyridine rings is 1. The second-order valence-corrected chi connectivity index (χ2v) is 5.50. The molecular formula is C17H17N3O5. The SMILES string of the molecule is O=C(CO)N1CN(C(=O)CCO)c2ccc(-n3ccccc3=O)cc21. The lowest BCUT2D eigenvalue weighted by Gasteiger charge is -2.18. The van der Waals surface area contributed by atoms with E-state index in [-0.39, 0.29) is 31.2 Å². The van der Waals surface area contributed by atoms with Gasteiger partial charge in [0.2, 0.25) is 5.91 Å². The minimum Gasteiger partial charge on any atom is -0.396 e. The second-order valence-electron chi connectivity index (χ2n) is 5.50. The van der Waals surface area contributed by atoms with Crippen molar-refractivity contribution in [3.8, 4) is 5.69 Å². The zero-order valence-electron chi connectivity index (χ0n) is 13.3. The van der Waals surface area contributed by atoms with Crippen LogP contribution in [0.4, 0.5) is 11.4 Å². The number of amides is 2. The number of anilines is 2. The molecule has 8 heteroatoms. The van der Waals surface area contributed by atoms with Gasteiger partial charge in [0.1, 0.15) is 13.3 Å². The number of benzene rings is 1. The monoisotopic (exact) mass is 343 g/mol. The molecule has 2 aromatic rings. The van der Waals surface area contributed by atoms with Crippen molar-refractivity contribution in [2.45, 2.75) is 6.42 Å². The Morgan fingerprint density at radius 1 is 1.00 bits per heavy atom. The summed E-state index contributed by atoms with van der Waals surface area (Å²) >= 11 is 0. The normalized spacial score (nSPS) is 13.0. The van der Waals surface area contributed by atoms with E-state index in [1.807, 2.05) is 0 Å². The number of aromatic nitrogens is 1. The van der Waals surface area contributed by atoms with Crippen LogP contribution < -0.4 is 15.4 Å². The van der Waals surface area contributed by atoms with Crippen molar-refractivity contribution >= 4 is 23.2 Å². The van der Waals surface area contributed by atoms with E-state index in [4.69, 9.17) is 5.11 Å². The molecule has 2 N–H and O–H groups in total. The van der Waals surface area contributed by atoms with Crippen LogP contribution in [0.2, 0.25) is 0 Å². The molecule has 0 fully saturated rings. The molecule has 1 aliphatic rings. The maximum absolute atomic E-state index is 12.2. The molecule has 2 amide bonds. The van der Waals surface area contributed by atoms with Gasteiger partial charge in [-0.1, -0.05) is 6.07 Å². The van der Waals surface area contributed by atoms with Crippen LogP contribution in [-0.4, -0.2) is 46.5 Å². The highest BCUT2D eigenvalue weighted by Gasteiger charge is 2.33. The van der Waals surface area contributed by atoms with Crippen LogP contribution in [-0.2, 0) is 9.59 Å². The van der Waals surface area contributed by atoms with Crippen molar-refractivity contribution in [3.05, 3.63) is 52.9 Å². The Balaban J connectivity index is 2.08. The Hall–Kier alpha value is -2.97. The summed E-state index contributed by atoms with van der Waals surface area (Å²) in [4.78, 5) is 38.9. The van der Waals surface area contributed by atoms with Crippen molar-refractivity contribution in [2.24, 2.45) is 0 Å². The first-order chi connectivity index (χ1) is 12.1. The molecule has 1 aliphatic heterocycles. The molecule has 1 aromatic carbocycles. The fourth-order valence-corrected chi connectivity index (χ4v) is 2.78. The van der Waals surface area contributed by atoms with Gasteiger partial charge in [0.05, 0.1) is 30.1 Å². The van der Waals surface area contributed by atoms with E-state index in [2.05, 4.69) is 0 Å². The van der Waals surface area contributed by atoms with E-state index >= 15 is 0 Å². The van der Waals surface area contributed by atoms with E-state index in [1.54, 1.807) is 36.5 Å². The van der Waals surface area contributed by atoms with E-state index < -0.39 is 12.5 Å². The molecule has 1 aromatic heterocycles. The van der Waals surface area contributed by atoms with Crippen molar-refractivity contribution in [1.82, 2.24) is 4.57 Å². The average Bonchev–Trinajstić information content (AvgIpc) is 3.00. The molecule has 25 heavy (non-hydrogen) atoms. The minimum atomic E-state index is -0.697. The highest BCUT2D eigenvalue weighted by molar-refractivity contribution is 6.07. The third-order valence-electron chi connectivity index (χ3n) is 3.99. The van der Waals surface area contributed by atoms with Gasteiger partial charge in [0.25, 0.3) is 11.5 Å². The maximum atomic E-state index is 12.2. The Bertz CT molecular complexity index is 877. The number of rotatable bonds is 4. The second kappa shape index (κ2) is 6.88. The van der Waals surface area contributed by atoms with Crippen LogP contribution in [0.15, 0.2) is 47.4 Å². The van der Waals surface area contributed by atoms with E-state index in [0.29, 0.717) is 17.1 Å². The number of fused-ring (bicyclic) bond motifs is 1. The van der Waals surface area contributed by atoms with Gasteiger partial charge in [-0.25, -0.2) is 0 Å². The zero-order chi connectivity index (χ0) is 18.0. The Kier molecular flexibility index (Phi) is 4.64. The summed E-state index contributed by atoms with van der Waals surface area (Å²) < 4.78 is 1.42. The smallest absolute Gasteiger partial charge is 0.255 e. The summed E-state index contributed by atoms with van der Waals surface area (Å²) in [5.74, 6) is -0.889. The van der Waals surface area contributed by atoms with E-state index in [9.17, 15) is 19.5 Å². The molecule has 0 atom stereocenters. The summed E-state index contributed by atoms with van der Waals surface area (Å²) in [7, 11) is 0. The van der Waals surface area contributed by atoms with Crippen LogP contribution in [0, 0.1) is 0 Å². The molecule has 0 radical (unpaired) electrons. The van der Waals surface area contributed by atoms with Crippen LogP contribution >= 0.6 is 0 Å². The molecule has 0 spiro atoms. The summed E-state index contributed by atoms with van der Waals surface area (Å²) in [6.07, 6.45) is 1.53. The van der Waals surface area contributed by atoms with Gasteiger partial charge in [-0.3, -0.25) is 28.8 Å². The number of carbonyl (C=O) groups excluding carboxylic acids is 2. The summed E-state index contributed by atoms with van der Waals surface area (Å²) in [5, 5.41) is 18.2. The van der Waals surface area contributed by atoms with Gasteiger partial charge in [-0.15, -0.1) is 0 Å².